The molecule has 3 aromatic rings. The van der Waals surface area contributed by atoms with Crippen LogP contribution in [0, 0.1) is 0 Å². The van der Waals surface area contributed by atoms with Gasteiger partial charge in [0.1, 0.15) is 6.54 Å². The molecule has 0 N–H and O–H groups in total. The Morgan fingerprint density at radius 2 is 2.12 bits per heavy atom. The van der Waals surface area contributed by atoms with Crippen molar-refractivity contribution in [3.8, 4) is 0 Å². The average molecular weight is 356 g/mol. The van der Waals surface area contributed by atoms with Crippen LogP contribution in [0.25, 0.3) is 11.0 Å². The lowest BCUT2D eigenvalue weighted by molar-refractivity contribution is -0.133. The molecule has 1 aliphatic heterocycles. The van der Waals surface area contributed by atoms with Crippen molar-refractivity contribution in [3.05, 3.63) is 53.6 Å². The first-order valence-corrected chi connectivity index (χ1v) is 8.74. The van der Waals surface area contributed by atoms with Gasteiger partial charge in [0, 0.05) is 48.7 Å². The van der Waals surface area contributed by atoms with Crippen LogP contribution in [-0.2, 0) is 11.3 Å². The van der Waals surface area contributed by atoms with Crippen LogP contribution in [0.5, 0.6) is 0 Å². The van der Waals surface area contributed by atoms with E-state index in [-0.39, 0.29) is 5.91 Å². The number of hydrogen-bond donors (Lipinski definition) is 0. The Morgan fingerprint density at radius 3 is 2.88 bits per heavy atom. The van der Waals surface area contributed by atoms with Gasteiger partial charge in [-0.05, 0) is 37.1 Å². The number of nitrogens with zero attached hydrogens (tertiary/aromatic N) is 5. The molecule has 1 aliphatic rings. The molecule has 0 bridgehead atoms. The zero-order chi connectivity index (χ0) is 17.2. The van der Waals surface area contributed by atoms with Crippen molar-refractivity contribution in [1.82, 2.24) is 24.6 Å². The molecule has 25 heavy (non-hydrogen) atoms. The van der Waals surface area contributed by atoms with E-state index in [1.54, 1.807) is 17.1 Å². The van der Waals surface area contributed by atoms with E-state index in [9.17, 15) is 4.79 Å². The number of piperidine rings is 1. The second kappa shape index (κ2) is 6.80. The fraction of sp³-hybridized carbons (Fsp3) is 0.333. The fourth-order valence-corrected chi connectivity index (χ4v) is 3.45. The van der Waals surface area contributed by atoms with Gasteiger partial charge in [-0.15, -0.1) is 0 Å². The second-order valence-corrected chi connectivity index (χ2v) is 6.73. The fourth-order valence-electron chi connectivity index (χ4n) is 3.28. The predicted molar refractivity (Wildman–Crippen MR) is 95.3 cm³/mol. The first kappa shape index (κ1) is 16.0. The topological polar surface area (TPSA) is 63.9 Å². The van der Waals surface area contributed by atoms with Gasteiger partial charge < -0.3 is 4.90 Å². The van der Waals surface area contributed by atoms with Crippen LogP contribution in [0.4, 0.5) is 0 Å². The van der Waals surface area contributed by atoms with Gasteiger partial charge in [-0.25, -0.2) is 9.97 Å². The van der Waals surface area contributed by atoms with Gasteiger partial charge in [0.05, 0.1) is 5.02 Å². The highest BCUT2D eigenvalue weighted by Gasteiger charge is 2.25. The molecule has 0 spiro atoms. The maximum Gasteiger partial charge on any atom is 0.244 e. The molecule has 128 valence electrons. The third-order valence-corrected chi connectivity index (χ3v) is 4.86. The number of pyridine rings is 2. The second-order valence-electron chi connectivity index (χ2n) is 6.30. The third-order valence-electron chi connectivity index (χ3n) is 4.65. The van der Waals surface area contributed by atoms with Gasteiger partial charge in [-0.1, -0.05) is 11.6 Å². The summed E-state index contributed by atoms with van der Waals surface area (Å²) in [6, 6.07) is 7.77. The molecular formula is C18H18ClN5O. The Hall–Kier alpha value is -2.47. The molecule has 4 heterocycles. The molecule has 0 unspecified atom stereocenters. The Morgan fingerprint density at radius 1 is 1.28 bits per heavy atom. The quantitative estimate of drug-likeness (QED) is 0.724. The maximum atomic E-state index is 12.3. The van der Waals surface area contributed by atoms with E-state index < -0.39 is 0 Å². The largest absolute Gasteiger partial charge is 0.341 e. The number of rotatable bonds is 3. The average Bonchev–Trinajstić information content (AvgIpc) is 3.14. The molecule has 0 aliphatic carbocycles. The van der Waals surface area contributed by atoms with Gasteiger partial charge >= 0.3 is 0 Å². The predicted octanol–water partition coefficient (Wildman–Crippen LogP) is 2.89. The van der Waals surface area contributed by atoms with Gasteiger partial charge in [0.2, 0.25) is 5.91 Å². The number of hydrogen-bond acceptors (Lipinski definition) is 4. The molecule has 1 saturated heterocycles. The molecule has 1 fully saturated rings. The van der Waals surface area contributed by atoms with E-state index in [0.717, 1.165) is 42.7 Å². The highest BCUT2D eigenvalue weighted by molar-refractivity contribution is 6.31. The minimum atomic E-state index is 0.116. The van der Waals surface area contributed by atoms with E-state index in [1.165, 1.54) is 0 Å². The zero-order valence-corrected chi connectivity index (χ0v) is 14.4. The Labute approximate surface area is 150 Å². The summed E-state index contributed by atoms with van der Waals surface area (Å²) < 4.78 is 1.66. The summed E-state index contributed by atoms with van der Waals surface area (Å²) in [6.45, 7) is 1.80. The molecule has 0 atom stereocenters. The molecule has 3 aromatic heterocycles. The number of aromatic nitrogens is 4. The number of likely N-dealkylation sites (tertiary alicyclic amines) is 1. The summed E-state index contributed by atoms with van der Waals surface area (Å²) in [7, 11) is 0. The lowest BCUT2D eigenvalue weighted by Crippen LogP contribution is -2.39. The molecule has 4 rings (SSSR count). The van der Waals surface area contributed by atoms with E-state index in [4.69, 9.17) is 11.6 Å². The minimum Gasteiger partial charge on any atom is -0.341 e. The molecule has 0 radical (unpaired) electrons. The standard InChI is InChI=1S/C18H18ClN5O/c19-15-10-14-2-3-16(22-18(14)20-11-15)13-4-8-23(9-5-13)17(25)12-24-7-1-6-21-24/h1-3,6-7,10-11,13H,4-5,8-9,12H2. The third kappa shape index (κ3) is 3.49. The molecule has 0 saturated carbocycles. The molecule has 6 nitrogen and oxygen atoms in total. The Balaban J connectivity index is 1.41. The monoisotopic (exact) mass is 355 g/mol. The van der Waals surface area contributed by atoms with Gasteiger partial charge in [-0.3, -0.25) is 9.48 Å². The van der Waals surface area contributed by atoms with Crippen LogP contribution in [0.1, 0.15) is 24.5 Å². The lowest BCUT2D eigenvalue weighted by Gasteiger charge is -2.31. The van der Waals surface area contributed by atoms with Crippen molar-refractivity contribution < 1.29 is 4.79 Å². The normalized spacial score (nSPS) is 15.6. The highest BCUT2D eigenvalue weighted by atomic mass is 35.5. The van der Waals surface area contributed by atoms with Crippen LogP contribution in [-0.4, -0.2) is 43.6 Å². The van der Waals surface area contributed by atoms with Crippen molar-refractivity contribution in [2.75, 3.05) is 13.1 Å². The van der Waals surface area contributed by atoms with Crippen molar-refractivity contribution in [3.63, 3.8) is 0 Å². The number of fused-ring (bicyclic) bond motifs is 1. The number of amides is 1. The van der Waals surface area contributed by atoms with E-state index >= 15 is 0 Å². The summed E-state index contributed by atoms with van der Waals surface area (Å²) in [5.74, 6) is 0.473. The smallest absolute Gasteiger partial charge is 0.244 e. The van der Waals surface area contributed by atoms with Crippen LogP contribution in [0.2, 0.25) is 5.02 Å². The van der Waals surface area contributed by atoms with Crippen molar-refractivity contribution in [2.24, 2.45) is 0 Å². The summed E-state index contributed by atoms with van der Waals surface area (Å²) in [5, 5.41) is 5.66. The van der Waals surface area contributed by atoms with E-state index in [0.29, 0.717) is 17.5 Å². The van der Waals surface area contributed by atoms with Crippen molar-refractivity contribution in [2.45, 2.75) is 25.3 Å². The van der Waals surface area contributed by atoms with Crippen molar-refractivity contribution >= 4 is 28.5 Å². The molecule has 7 heteroatoms. The molecule has 0 aromatic carbocycles. The molecule has 1 amide bonds. The van der Waals surface area contributed by atoms with Gasteiger partial charge in [-0.2, -0.15) is 5.10 Å². The zero-order valence-electron chi connectivity index (χ0n) is 13.7. The van der Waals surface area contributed by atoms with E-state index in [1.807, 2.05) is 35.4 Å². The lowest BCUT2D eigenvalue weighted by atomic mass is 9.93. The summed E-state index contributed by atoms with van der Waals surface area (Å²) >= 11 is 5.97. The summed E-state index contributed by atoms with van der Waals surface area (Å²) in [4.78, 5) is 23.2. The number of carbonyl (C=O) groups excluding carboxylic acids is 1. The van der Waals surface area contributed by atoms with Crippen molar-refractivity contribution in [1.29, 1.82) is 0 Å². The number of carbonyl (C=O) groups is 1. The van der Waals surface area contributed by atoms with Crippen LogP contribution >= 0.6 is 11.6 Å². The Bertz CT molecular complexity index is 888. The molecular weight excluding hydrogens is 338 g/mol. The van der Waals surface area contributed by atoms with Crippen LogP contribution < -0.4 is 0 Å². The highest BCUT2D eigenvalue weighted by Crippen LogP contribution is 2.28. The number of halogens is 1. The summed E-state index contributed by atoms with van der Waals surface area (Å²) in [5.41, 5.74) is 1.76. The van der Waals surface area contributed by atoms with Gasteiger partial charge in [0.25, 0.3) is 0 Å². The van der Waals surface area contributed by atoms with E-state index in [2.05, 4.69) is 15.1 Å². The van der Waals surface area contributed by atoms with Crippen LogP contribution in [0.3, 0.4) is 0 Å². The van der Waals surface area contributed by atoms with Gasteiger partial charge in [0.15, 0.2) is 5.65 Å². The minimum absolute atomic E-state index is 0.116. The van der Waals surface area contributed by atoms with Crippen LogP contribution in [0.15, 0.2) is 42.9 Å². The SMILES string of the molecule is O=C(Cn1cccn1)N1CCC(c2ccc3cc(Cl)cnc3n2)CC1. The first-order chi connectivity index (χ1) is 12.2. The Kier molecular flexibility index (Phi) is 4.36. The first-order valence-electron chi connectivity index (χ1n) is 8.36. The maximum absolute atomic E-state index is 12.3. The summed E-state index contributed by atoms with van der Waals surface area (Å²) in [6.07, 6.45) is 6.94.